The van der Waals surface area contributed by atoms with Crippen LogP contribution in [-0.2, 0) is 16.0 Å². The molecule has 0 aliphatic carbocycles. The number of methoxy groups -OCH3 is 1. The molecule has 0 saturated carbocycles. The molecule has 0 bridgehead atoms. The summed E-state index contributed by atoms with van der Waals surface area (Å²) in [5.74, 6) is 0.905. The van der Waals surface area contributed by atoms with Gasteiger partial charge in [0, 0.05) is 31.6 Å². The van der Waals surface area contributed by atoms with Crippen LogP contribution in [0.2, 0.25) is 0 Å². The van der Waals surface area contributed by atoms with Crippen molar-refractivity contribution in [1.29, 1.82) is 0 Å². The number of amides is 2. The molecular weight excluding hydrogens is 395 g/mol. The lowest BCUT2D eigenvalue weighted by Gasteiger charge is -2.33. The second kappa shape index (κ2) is 10.9. The van der Waals surface area contributed by atoms with Gasteiger partial charge in [-0.15, -0.1) is 0 Å². The van der Waals surface area contributed by atoms with Crippen molar-refractivity contribution < 1.29 is 18.7 Å². The van der Waals surface area contributed by atoms with Gasteiger partial charge in [0.15, 0.2) is 0 Å². The van der Waals surface area contributed by atoms with Gasteiger partial charge in [0.25, 0.3) is 0 Å². The standard InChI is InChI=1S/C25H31FN2O3/c1-18-16-21(26)11-12-22(18)27-24(29)13-9-19-6-5-15-28(17-19)25(30)14-10-20-7-3-4-8-23(20)31-2/h3-4,7-8,11-12,16,19H,5-6,9-10,13-15,17H2,1-2H3,(H,27,29)/t19-/m1/s1. The van der Waals surface area contributed by atoms with Crippen molar-refractivity contribution in [3.8, 4) is 5.75 Å². The summed E-state index contributed by atoms with van der Waals surface area (Å²) in [6, 6.07) is 12.1. The topological polar surface area (TPSA) is 58.6 Å². The van der Waals surface area contributed by atoms with Gasteiger partial charge in [-0.2, -0.15) is 0 Å². The third-order valence-electron chi connectivity index (χ3n) is 5.91. The summed E-state index contributed by atoms with van der Waals surface area (Å²) in [6.07, 6.45) is 4.23. The van der Waals surface area contributed by atoms with E-state index in [1.54, 1.807) is 20.1 Å². The highest BCUT2D eigenvalue weighted by molar-refractivity contribution is 5.91. The first-order valence-corrected chi connectivity index (χ1v) is 10.9. The molecule has 31 heavy (non-hydrogen) atoms. The van der Waals surface area contributed by atoms with Crippen LogP contribution in [0.5, 0.6) is 5.75 Å². The van der Waals surface area contributed by atoms with E-state index in [4.69, 9.17) is 4.74 Å². The van der Waals surface area contributed by atoms with E-state index >= 15 is 0 Å². The fourth-order valence-electron chi connectivity index (χ4n) is 4.15. The second-order valence-electron chi connectivity index (χ2n) is 8.21. The number of nitrogens with one attached hydrogen (secondary N) is 1. The molecule has 166 valence electrons. The van der Waals surface area contributed by atoms with Crippen LogP contribution in [0.15, 0.2) is 42.5 Å². The number of ether oxygens (including phenoxy) is 1. The van der Waals surface area contributed by atoms with Crippen LogP contribution >= 0.6 is 0 Å². The van der Waals surface area contributed by atoms with E-state index in [1.165, 1.54) is 12.1 Å². The summed E-state index contributed by atoms with van der Waals surface area (Å²) in [5.41, 5.74) is 2.39. The molecule has 3 rings (SSSR count). The first-order valence-electron chi connectivity index (χ1n) is 10.9. The second-order valence-corrected chi connectivity index (χ2v) is 8.21. The van der Waals surface area contributed by atoms with Crippen LogP contribution in [0, 0.1) is 18.7 Å². The van der Waals surface area contributed by atoms with Gasteiger partial charge in [-0.1, -0.05) is 18.2 Å². The molecule has 1 fully saturated rings. The highest BCUT2D eigenvalue weighted by Crippen LogP contribution is 2.24. The molecule has 1 aliphatic rings. The number of benzene rings is 2. The van der Waals surface area contributed by atoms with E-state index in [2.05, 4.69) is 5.32 Å². The van der Waals surface area contributed by atoms with E-state index in [1.807, 2.05) is 29.2 Å². The Hall–Kier alpha value is -2.89. The molecule has 5 nitrogen and oxygen atoms in total. The lowest BCUT2D eigenvalue weighted by atomic mass is 9.93. The highest BCUT2D eigenvalue weighted by atomic mass is 19.1. The SMILES string of the molecule is COc1ccccc1CCC(=O)N1CCC[C@H](CCC(=O)Nc2ccc(F)cc2C)C1. The maximum Gasteiger partial charge on any atom is 0.224 e. The molecule has 0 aromatic heterocycles. The molecule has 0 spiro atoms. The Balaban J connectivity index is 1.45. The molecule has 2 aromatic carbocycles. The number of halogens is 1. The van der Waals surface area contributed by atoms with Crippen molar-refractivity contribution in [3.63, 3.8) is 0 Å². The maximum atomic E-state index is 13.2. The minimum atomic E-state index is -0.312. The van der Waals surface area contributed by atoms with Gasteiger partial charge in [0.1, 0.15) is 11.6 Å². The van der Waals surface area contributed by atoms with Crippen molar-refractivity contribution in [1.82, 2.24) is 4.90 Å². The number of carbonyl (C=O) groups is 2. The van der Waals surface area contributed by atoms with E-state index in [-0.39, 0.29) is 17.6 Å². The Morgan fingerprint density at radius 2 is 2.00 bits per heavy atom. The number of carbonyl (C=O) groups excluding carboxylic acids is 2. The molecule has 1 heterocycles. The molecule has 1 N–H and O–H groups in total. The van der Waals surface area contributed by atoms with Crippen LogP contribution in [0.25, 0.3) is 0 Å². The molecule has 0 unspecified atom stereocenters. The molecule has 0 radical (unpaired) electrons. The number of anilines is 1. The van der Waals surface area contributed by atoms with Crippen LogP contribution in [0.3, 0.4) is 0 Å². The van der Waals surface area contributed by atoms with Gasteiger partial charge in [0.05, 0.1) is 7.11 Å². The smallest absolute Gasteiger partial charge is 0.224 e. The minimum Gasteiger partial charge on any atom is -0.496 e. The molecule has 1 atom stereocenters. The summed E-state index contributed by atoms with van der Waals surface area (Å²) < 4.78 is 18.6. The Labute approximate surface area is 183 Å². The lowest BCUT2D eigenvalue weighted by Crippen LogP contribution is -2.40. The first kappa shape index (κ1) is 22.8. The van der Waals surface area contributed by atoms with E-state index in [0.29, 0.717) is 43.0 Å². The average Bonchev–Trinajstić information content (AvgIpc) is 2.78. The Morgan fingerprint density at radius 1 is 1.19 bits per heavy atom. The molecular formula is C25H31FN2O3. The van der Waals surface area contributed by atoms with Crippen molar-refractivity contribution in [3.05, 3.63) is 59.4 Å². The number of piperidine rings is 1. The van der Waals surface area contributed by atoms with Crippen molar-refractivity contribution in [2.24, 2.45) is 5.92 Å². The Bertz CT molecular complexity index is 915. The summed E-state index contributed by atoms with van der Waals surface area (Å²) >= 11 is 0. The summed E-state index contributed by atoms with van der Waals surface area (Å²) in [7, 11) is 1.64. The third kappa shape index (κ3) is 6.54. The minimum absolute atomic E-state index is 0.0747. The zero-order chi connectivity index (χ0) is 22.2. The fraction of sp³-hybridized carbons (Fsp3) is 0.440. The summed E-state index contributed by atoms with van der Waals surface area (Å²) in [6.45, 7) is 3.25. The number of aryl methyl sites for hydroxylation is 2. The lowest BCUT2D eigenvalue weighted by molar-refractivity contribution is -0.133. The quantitative estimate of drug-likeness (QED) is 0.664. The zero-order valence-electron chi connectivity index (χ0n) is 18.3. The number of rotatable bonds is 8. The molecule has 1 saturated heterocycles. The number of hydrogen-bond acceptors (Lipinski definition) is 3. The largest absolute Gasteiger partial charge is 0.496 e. The van der Waals surface area contributed by atoms with Gasteiger partial charge in [-0.25, -0.2) is 4.39 Å². The Morgan fingerprint density at radius 3 is 2.77 bits per heavy atom. The van der Waals surface area contributed by atoms with Gasteiger partial charge < -0.3 is 15.0 Å². The third-order valence-corrected chi connectivity index (χ3v) is 5.91. The zero-order valence-corrected chi connectivity index (χ0v) is 18.3. The molecule has 2 amide bonds. The predicted molar refractivity (Wildman–Crippen MR) is 120 cm³/mol. The van der Waals surface area contributed by atoms with Crippen LogP contribution < -0.4 is 10.1 Å². The van der Waals surface area contributed by atoms with Gasteiger partial charge in [0.2, 0.25) is 11.8 Å². The molecule has 1 aliphatic heterocycles. The van der Waals surface area contributed by atoms with E-state index < -0.39 is 0 Å². The van der Waals surface area contributed by atoms with Crippen LogP contribution in [-0.4, -0.2) is 36.9 Å². The number of para-hydroxylation sites is 1. The first-order chi connectivity index (χ1) is 15.0. The highest BCUT2D eigenvalue weighted by Gasteiger charge is 2.24. The Kier molecular flexibility index (Phi) is 8.04. The normalized spacial score (nSPS) is 16.1. The number of likely N-dealkylation sites (tertiary alicyclic amines) is 1. The summed E-state index contributed by atoms with van der Waals surface area (Å²) in [4.78, 5) is 27.0. The molecule has 6 heteroatoms. The summed E-state index contributed by atoms with van der Waals surface area (Å²) in [5, 5.41) is 2.86. The van der Waals surface area contributed by atoms with Crippen molar-refractivity contribution >= 4 is 17.5 Å². The monoisotopic (exact) mass is 426 g/mol. The van der Waals surface area contributed by atoms with E-state index in [0.717, 1.165) is 37.1 Å². The predicted octanol–water partition coefficient (Wildman–Crippen LogP) is 4.73. The number of nitrogens with zero attached hydrogens (tertiary/aromatic N) is 1. The van der Waals surface area contributed by atoms with Crippen molar-refractivity contribution in [2.45, 2.75) is 45.4 Å². The van der Waals surface area contributed by atoms with Gasteiger partial charge in [-0.05, 0) is 73.9 Å². The van der Waals surface area contributed by atoms with Gasteiger partial charge in [-0.3, -0.25) is 9.59 Å². The molecule has 2 aromatic rings. The van der Waals surface area contributed by atoms with Gasteiger partial charge >= 0.3 is 0 Å². The maximum absolute atomic E-state index is 13.2. The van der Waals surface area contributed by atoms with Crippen molar-refractivity contribution in [2.75, 3.05) is 25.5 Å². The fourth-order valence-corrected chi connectivity index (χ4v) is 4.15. The average molecular weight is 427 g/mol. The van der Waals surface area contributed by atoms with E-state index in [9.17, 15) is 14.0 Å². The van der Waals surface area contributed by atoms with Crippen LogP contribution in [0.4, 0.5) is 10.1 Å². The van der Waals surface area contributed by atoms with Crippen LogP contribution in [0.1, 0.15) is 43.2 Å². The number of hydrogen-bond donors (Lipinski definition) is 1.